The van der Waals surface area contributed by atoms with Crippen molar-refractivity contribution in [3.8, 4) is 5.75 Å². The summed E-state index contributed by atoms with van der Waals surface area (Å²) >= 11 is 0. The summed E-state index contributed by atoms with van der Waals surface area (Å²) in [6.45, 7) is 3.79. The van der Waals surface area contributed by atoms with E-state index in [1.807, 2.05) is 13.8 Å². The van der Waals surface area contributed by atoms with Crippen LogP contribution in [-0.2, 0) is 0 Å². The van der Waals surface area contributed by atoms with Gasteiger partial charge in [0, 0.05) is 0 Å². The van der Waals surface area contributed by atoms with Crippen LogP contribution in [0, 0.1) is 0 Å². The number of rotatable bonds is 2. The molecule has 0 fully saturated rings. The Morgan fingerprint density at radius 3 is 2.50 bits per heavy atom. The Kier molecular flexibility index (Phi) is 2.86. The van der Waals surface area contributed by atoms with Gasteiger partial charge in [-0.3, -0.25) is 4.79 Å². The molecule has 1 aromatic carbocycles. The third-order valence-corrected chi connectivity index (χ3v) is 1.32. The predicted octanol–water partition coefficient (Wildman–Crippen LogP) is 1.83. The lowest BCUT2D eigenvalue weighted by atomic mass is 10.4. The summed E-state index contributed by atoms with van der Waals surface area (Å²) in [5.74, 6) is 0.412. The Morgan fingerprint density at radius 2 is 1.83 bits per heavy atom. The molecule has 2 nitrogen and oxygen atoms in total. The van der Waals surface area contributed by atoms with Crippen LogP contribution < -0.4 is 10.2 Å². The zero-order valence-corrected chi connectivity index (χ0v) is 7.28. The minimum absolute atomic E-state index is 0.0418. The highest BCUT2D eigenvalue weighted by molar-refractivity contribution is 5.20. The first-order valence-electron chi connectivity index (χ1n) is 3.96. The monoisotopic (exact) mass is 164 g/mol. The van der Waals surface area contributed by atoms with E-state index in [-0.39, 0.29) is 11.5 Å². The summed E-state index contributed by atoms with van der Waals surface area (Å²) in [4.78, 5) is 11.2. The van der Waals surface area contributed by atoms with Crippen LogP contribution >= 0.6 is 0 Å². The molecule has 0 N–H and O–H groups in total. The third kappa shape index (κ3) is 2.38. The molecule has 0 radical (unpaired) electrons. The molecule has 12 heavy (non-hydrogen) atoms. The van der Waals surface area contributed by atoms with Gasteiger partial charge in [0.1, 0.15) is 0 Å². The first kappa shape index (κ1) is 8.78. The average Bonchev–Trinajstić information content (AvgIpc) is 2.16. The first-order valence-corrected chi connectivity index (χ1v) is 3.96. The molecule has 0 aliphatic heterocycles. The Morgan fingerprint density at radius 1 is 1.17 bits per heavy atom. The van der Waals surface area contributed by atoms with E-state index in [0.717, 1.165) is 0 Å². The minimum Gasteiger partial charge on any atom is -0.487 e. The first-order chi connectivity index (χ1) is 5.70. The summed E-state index contributed by atoms with van der Waals surface area (Å²) in [6.07, 6.45) is 0.0418. The van der Waals surface area contributed by atoms with Gasteiger partial charge in [-0.1, -0.05) is 18.2 Å². The van der Waals surface area contributed by atoms with Gasteiger partial charge in [-0.15, -0.1) is 0 Å². The highest BCUT2D eigenvalue weighted by Gasteiger charge is 1.98. The molecule has 0 unspecified atom stereocenters. The SMILES string of the molecule is CC(C)Oc1cccccc1=O. The van der Waals surface area contributed by atoms with Crippen molar-refractivity contribution in [1.82, 2.24) is 0 Å². The maximum Gasteiger partial charge on any atom is 0.220 e. The molecular weight excluding hydrogens is 152 g/mol. The van der Waals surface area contributed by atoms with Crippen molar-refractivity contribution in [3.63, 3.8) is 0 Å². The normalized spacial score (nSPS) is 9.92. The molecular formula is C10H12O2. The lowest BCUT2D eigenvalue weighted by Gasteiger charge is -2.05. The van der Waals surface area contributed by atoms with Crippen LogP contribution in [0.5, 0.6) is 5.75 Å². The van der Waals surface area contributed by atoms with Gasteiger partial charge in [0.05, 0.1) is 6.10 Å². The number of hydrogen-bond acceptors (Lipinski definition) is 2. The van der Waals surface area contributed by atoms with E-state index >= 15 is 0 Å². The maximum absolute atomic E-state index is 11.2. The predicted molar refractivity (Wildman–Crippen MR) is 48.5 cm³/mol. The highest BCUT2D eigenvalue weighted by Crippen LogP contribution is 2.02. The lowest BCUT2D eigenvalue weighted by Crippen LogP contribution is -2.11. The topological polar surface area (TPSA) is 26.3 Å². The van der Waals surface area contributed by atoms with E-state index in [1.54, 1.807) is 24.3 Å². The second-order valence-electron chi connectivity index (χ2n) is 2.81. The van der Waals surface area contributed by atoms with Crippen LogP contribution in [0.15, 0.2) is 35.1 Å². The van der Waals surface area contributed by atoms with Gasteiger partial charge in [0.15, 0.2) is 5.75 Å². The van der Waals surface area contributed by atoms with E-state index in [4.69, 9.17) is 4.74 Å². The fourth-order valence-corrected chi connectivity index (χ4v) is 0.866. The second-order valence-corrected chi connectivity index (χ2v) is 2.81. The van der Waals surface area contributed by atoms with Gasteiger partial charge in [0.2, 0.25) is 5.43 Å². The van der Waals surface area contributed by atoms with Crippen molar-refractivity contribution in [2.24, 2.45) is 0 Å². The Balaban J connectivity index is 3.01. The van der Waals surface area contributed by atoms with Crippen LogP contribution in [0.4, 0.5) is 0 Å². The summed E-state index contributed by atoms with van der Waals surface area (Å²) in [5, 5.41) is 0. The quantitative estimate of drug-likeness (QED) is 0.666. The van der Waals surface area contributed by atoms with Crippen LogP contribution in [0.1, 0.15) is 13.8 Å². The molecule has 0 aliphatic carbocycles. The summed E-state index contributed by atoms with van der Waals surface area (Å²) in [6, 6.07) is 8.48. The van der Waals surface area contributed by atoms with Crippen LogP contribution in [-0.4, -0.2) is 6.10 Å². The fraction of sp³-hybridized carbons (Fsp3) is 0.300. The van der Waals surface area contributed by atoms with Crippen molar-refractivity contribution in [1.29, 1.82) is 0 Å². The fourth-order valence-electron chi connectivity index (χ4n) is 0.866. The molecule has 0 bridgehead atoms. The van der Waals surface area contributed by atoms with Gasteiger partial charge in [0.25, 0.3) is 0 Å². The molecule has 2 heteroatoms. The summed E-state index contributed by atoms with van der Waals surface area (Å²) in [5.41, 5.74) is -0.0753. The zero-order chi connectivity index (χ0) is 8.97. The Labute approximate surface area is 71.8 Å². The number of ether oxygens (including phenoxy) is 1. The van der Waals surface area contributed by atoms with E-state index in [2.05, 4.69) is 0 Å². The molecule has 0 heterocycles. The molecule has 0 amide bonds. The van der Waals surface area contributed by atoms with E-state index in [0.29, 0.717) is 5.75 Å². The molecule has 1 rings (SSSR count). The Hall–Kier alpha value is -1.31. The molecule has 0 atom stereocenters. The zero-order valence-electron chi connectivity index (χ0n) is 7.28. The standard InChI is InChI=1S/C10H12O2/c1-8(2)12-10-7-5-3-4-6-9(10)11/h3-8H,1-2H3. The van der Waals surface area contributed by atoms with Crippen molar-refractivity contribution < 1.29 is 4.74 Å². The van der Waals surface area contributed by atoms with Gasteiger partial charge < -0.3 is 4.74 Å². The number of hydrogen-bond donors (Lipinski definition) is 0. The van der Waals surface area contributed by atoms with Crippen LogP contribution in [0.3, 0.4) is 0 Å². The average molecular weight is 164 g/mol. The maximum atomic E-state index is 11.2. The van der Waals surface area contributed by atoms with Gasteiger partial charge in [-0.2, -0.15) is 0 Å². The lowest BCUT2D eigenvalue weighted by molar-refractivity contribution is 0.240. The van der Waals surface area contributed by atoms with Crippen molar-refractivity contribution in [3.05, 3.63) is 40.6 Å². The molecule has 64 valence electrons. The van der Waals surface area contributed by atoms with Crippen LogP contribution in [0.2, 0.25) is 0 Å². The van der Waals surface area contributed by atoms with E-state index in [1.165, 1.54) is 6.07 Å². The molecule has 0 aromatic heterocycles. The largest absolute Gasteiger partial charge is 0.487 e. The van der Waals surface area contributed by atoms with E-state index < -0.39 is 0 Å². The molecule has 0 aliphatic rings. The summed E-state index contributed by atoms with van der Waals surface area (Å²) < 4.78 is 5.29. The molecule has 1 aromatic rings. The third-order valence-electron chi connectivity index (χ3n) is 1.32. The van der Waals surface area contributed by atoms with E-state index in [9.17, 15) is 4.79 Å². The van der Waals surface area contributed by atoms with Gasteiger partial charge >= 0.3 is 0 Å². The molecule has 0 spiro atoms. The van der Waals surface area contributed by atoms with Gasteiger partial charge in [-0.25, -0.2) is 0 Å². The highest BCUT2D eigenvalue weighted by atomic mass is 16.5. The second kappa shape index (κ2) is 3.90. The van der Waals surface area contributed by atoms with Crippen LogP contribution in [0.25, 0.3) is 0 Å². The smallest absolute Gasteiger partial charge is 0.220 e. The molecule has 0 saturated heterocycles. The van der Waals surface area contributed by atoms with Crippen molar-refractivity contribution >= 4 is 0 Å². The van der Waals surface area contributed by atoms with Gasteiger partial charge in [-0.05, 0) is 26.0 Å². The van der Waals surface area contributed by atoms with Crippen molar-refractivity contribution in [2.45, 2.75) is 20.0 Å². The minimum atomic E-state index is -0.0753. The Bertz CT molecular complexity index is 305. The van der Waals surface area contributed by atoms with Crippen molar-refractivity contribution in [2.75, 3.05) is 0 Å². The summed E-state index contributed by atoms with van der Waals surface area (Å²) in [7, 11) is 0. The molecule has 0 saturated carbocycles.